The molecule has 4 nitrogen and oxygen atoms in total. The molecule has 0 aliphatic heterocycles. The summed E-state index contributed by atoms with van der Waals surface area (Å²) in [5, 5.41) is 0. The summed E-state index contributed by atoms with van der Waals surface area (Å²) in [4.78, 5) is 21.5. The zero-order valence-electron chi connectivity index (χ0n) is 10.6. The predicted octanol–water partition coefficient (Wildman–Crippen LogP) is 2.43. The van der Waals surface area contributed by atoms with E-state index in [9.17, 15) is 4.79 Å². The molecule has 0 radical (unpaired) electrons. The van der Waals surface area contributed by atoms with Gasteiger partial charge < -0.3 is 4.74 Å². The Morgan fingerprint density at radius 3 is 2.41 bits per heavy atom. The van der Waals surface area contributed by atoms with Crippen LogP contribution in [0.15, 0.2) is 18.2 Å². The van der Waals surface area contributed by atoms with Crippen LogP contribution in [-0.2, 0) is 14.5 Å². The molecule has 4 heteroatoms. The third-order valence-corrected chi connectivity index (χ3v) is 2.37. The zero-order valence-corrected chi connectivity index (χ0v) is 10.6. The van der Waals surface area contributed by atoms with Gasteiger partial charge in [0, 0.05) is 7.11 Å². The molecule has 0 aromatic heterocycles. The van der Waals surface area contributed by atoms with Gasteiger partial charge in [-0.3, -0.25) is 4.89 Å². The Labute approximate surface area is 101 Å². The Morgan fingerprint density at radius 2 is 1.88 bits per heavy atom. The van der Waals surface area contributed by atoms with Gasteiger partial charge in [-0.25, -0.2) is 4.79 Å². The second-order valence-corrected chi connectivity index (χ2v) is 4.00. The molecule has 17 heavy (non-hydrogen) atoms. The zero-order chi connectivity index (χ0) is 12.8. The summed E-state index contributed by atoms with van der Waals surface area (Å²) in [5.41, 5.74) is 2.30. The molecule has 0 N–H and O–H groups in total. The topological polar surface area (TPSA) is 44.8 Å². The number of ether oxygens (including phenoxy) is 1. The molecule has 0 aliphatic carbocycles. The van der Waals surface area contributed by atoms with Crippen molar-refractivity contribution in [2.45, 2.75) is 26.9 Å². The van der Waals surface area contributed by atoms with E-state index in [1.54, 1.807) is 14.0 Å². The van der Waals surface area contributed by atoms with Crippen LogP contribution in [0.25, 0.3) is 0 Å². The number of hydrogen-bond acceptors (Lipinski definition) is 4. The summed E-state index contributed by atoms with van der Waals surface area (Å²) in [7, 11) is 1.56. The molecule has 0 heterocycles. The second-order valence-electron chi connectivity index (χ2n) is 4.00. The average molecular weight is 238 g/mol. The maximum Gasteiger partial charge on any atom is 0.373 e. The SMILES string of the molecule is COCC(C)OOC(=O)c1c(C)cccc1C. The van der Waals surface area contributed by atoms with Crippen molar-refractivity contribution >= 4 is 5.97 Å². The summed E-state index contributed by atoms with van der Waals surface area (Å²) in [5.74, 6) is -0.469. The second kappa shape index (κ2) is 6.37. The number of carbonyl (C=O) groups excluding carboxylic acids is 1. The summed E-state index contributed by atoms with van der Waals surface area (Å²) in [6, 6.07) is 5.63. The van der Waals surface area contributed by atoms with Crippen LogP contribution in [0.5, 0.6) is 0 Å². The molecule has 1 rings (SSSR count). The molecule has 0 fully saturated rings. The van der Waals surface area contributed by atoms with Gasteiger partial charge in [0.15, 0.2) is 0 Å². The van der Waals surface area contributed by atoms with Gasteiger partial charge in [0.05, 0.1) is 12.2 Å². The molecule has 1 aromatic carbocycles. The standard InChI is InChI=1S/C13H18O4/c1-9-6-5-7-10(2)12(9)13(14)17-16-11(3)8-15-4/h5-7,11H,8H2,1-4H3. The van der Waals surface area contributed by atoms with Gasteiger partial charge in [-0.1, -0.05) is 18.2 Å². The van der Waals surface area contributed by atoms with E-state index >= 15 is 0 Å². The first-order valence-corrected chi connectivity index (χ1v) is 5.49. The van der Waals surface area contributed by atoms with Gasteiger partial charge in [-0.15, -0.1) is 0 Å². The lowest BCUT2D eigenvalue weighted by Crippen LogP contribution is -2.19. The van der Waals surface area contributed by atoms with Gasteiger partial charge >= 0.3 is 5.97 Å². The number of benzene rings is 1. The maximum atomic E-state index is 11.8. The predicted molar refractivity (Wildman–Crippen MR) is 63.8 cm³/mol. The maximum absolute atomic E-state index is 11.8. The van der Waals surface area contributed by atoms with E-state index in [0.717, 1.165) is 11.1 Å². The van der Waals surface area contributed by atoms with Crippen molar-refractivity contribution in [2.24, 2.45) is 0 Å². The van der Waals surface area contributed by atoms with E-state index in [4.69, 9.17) is 14.5 Å². The van der Waals surface area contributed by atoms with E-state index in [1.807, 2.05) is 32.0 Å². The highest BCUT2D eigenvalue weighted by Gasteiger charge is 2.15. The fraction of sp³-hybridized carbons (Fsp3) is 0.462. The molecule has 0 saturated heterocycles. The van der Waals surface area contributed by atoms with Gasteiger partial charge in [-0.2, -0.15) is 4.89 Å². The summed E-state index contributed by atoms with van der Waals surface area (Å²) < 4.78 is 4.87. The smallest absolute Gasteiger partial charge is 0.373 e. The molecule has 0 spiro atoms. The highest BCUT2D eigenvalue weighted by molar-refractivity contribution is 5.92. The van der Waals surface area contributed by atoms with E-state index in [1.165, 1.54) is 0 Å². The van der Waals surface area contributed by atoms with Gasteiger partial charge in [0.1, 0.15) is 6.10 Å². The molecule has 0 amide bonds. The van der Waals surface area contributed by atoms with E-state index in [2.05, 4.69) is 0 Å². The van der Waals surface area contributed by atoms with Crippen LogP contribution in [0.4, 0.5) is 0 Å². The highest BCUT2D eigenvalue weighted by atomic mass is 17.2. The first kappa shape index (κ1) is 13.7. The molecule has 1 atom stereocenters. The quantitative estimate of drug-likeness (QED) is 0.583. The molecule has 94 valence electrons. The highest BCUT2D eigenvalue weighted by Crippen LogP contribution is 2.14. The number of hydrogen-bond donors (Lipinski definition) is 0. The first-order chi connectivity index (χ1) is 8.06. The van der Waals surface area contributed by atoms with Crippen LogP contribution < -0.4 is 0 Å². The normalized spacial score (nSPS) is 12.2. The van der Waals surface area contributed by atoms with Crippen molar-refractivity contribution in [1.29, 1.82) is 0 Å². The first-order valence-electron chi connectivity index (χ1n) is 5.49. The lowest BCUT2D eigenvalue weighted by Gasteiger charge is -2.12. The molecular formula is C13H18O4. The third kappa shape index (κ3) is 3.84. The van der Waals surface area contributed by atoms with Crippen LogP contribution in [-0.4, -0.2) is 25.8 Å². The molecule has 0 saturated carbocycles. The fourth-order valence-corrected chi connectivity index (χ4v) is 1.57. The number of rotatable bonds is 5. The van der Waals surface area contributed by atoms with Crippen molar-refractivity contribution in [3.63, 3.8) is 0 Å². The van der Waals surface area contributed by atoms with Gasteiger partial charge in [0.25, 0.3) is 0 Å². The number of aryl methyl sites for hydroxylation is 2. The fourth-order valence-electron chi connectivity index (χ4n) is 1.57. The minimum absolute atomic E-state index is 0.284. The number of carbonyl (C=O) groups is 1. The van der Waals surface area contributed by atoms with Crippen molar-refractivity contribution in [2.75, 3.05) is 13.7 Å². The Balaban J connectivity index is 2.64. The van der Waals surface area contributed by atoms with Crippen molar-refractivity contribution in [3.05, 3.63) is 34.9 Å². The Morgan fingerprint density at radius 1 is 1.29 bits per heavy atom. The van der Waals surface area contributed by atoms with Crippen LogP contribution in [0.3, 0.4) is 0 Å². The molecule has 0 bridgehead atoms. The Kier molecular flexibility index (Phi) is 5.12. The molecule has 1 aromatic rings. The van der Waals surface area contributed by atoms with Crippen LogP contribution >= 0.6 is 0 Å². The molecule has 1 unspecified atom stereocenters. The lowest BCUT2D eigenvalue weighted by atomic mass is 10.0. The van der Waals surface area contributed by atoms with E-state index in [0.29, 0.717) is 12.2 Å². The van der Waals surface area contributed by atoms with Gasteiger partial charge in [-0.05, 0) is 31.9 Å². The monoisotopic (exact) mass is 238 g/mol. The van der Waals surface area contributed by atoms with E-state index < -0.39 is 5.97 Å². The van der Waals surface area contributed by atoms with Crippen LogP contribution in [0, 0.1) is 13.8 Å². The van der Waals surface area contributed by atoms with Gasteiger partial charge in [0.2, 0.25) is 0 Å². The van der Waals surface area contributed by atoms with Crippen molar-refractivity contribution in [3.8, 4) is 0 Å². The van der Waals surface area contributed by atoms with E-state index in [-0.39, 0.29) is 6.10 Å². The van der Waals surface area contributed by atoms with Crippen LogP contribution in [0.2, 0.25) is 0 Å². The largest absolute Gasteiger partial charge is 0.382 e. The summed E-state index contributed by atoms with van der Waals surface area (Å²) >= 11 is 0. The minimum Gasteiger partial charge on any atom is -0.382 e. The Bertz CT molecular complexity index is 367. The summed E-state index contributed by atoms with van der Waals surface area (Å²) in [6.07, 6.45) is -0.284. The Hall–Kier alpha value is -1.39. The summed E-state index contributed by atoms with van der Waals surface area (Å²) in [6.45, 7) is 5.87. The lowest BCUT2D eigenvalue weighted by molar-refractivity contribution is -0.276. The van der Waals surface area contributed by atoms with Crippen LogP contribution in [0.1, 0.15) is 28.4 Å². The minimum atomic E-state index is -0.469. The average Bonchev–Trinajstić information content (AvgIpc) is 2.26. The molecular weight excluding hydrogens is 220 g/mol. The number of methoxy groups -OCH3 is 1. The third-order valence-electron chi connectivity index (χ3n) is 2.37. The van der Waals surface area contributed by atoms with Crippen molar-refractivity contribution < 1.29 is 19.3 Å². The molecule has 0 aliphatic rings. The van der Waals surface area contributed by atoms with Crippen molar-refractivity contribution in [1.82, 2.24) is 0 Å².